The Labute approximate surface area is 112 Å². The van der Waals surface area contributed by atoms with Gasteiger partial charge in [0.1, 0.15) is 9.54 Å². The van der Waals surface area contributed by atoms with Gasteiger partial charge in [0.05, 0.1) is 12.2 Å². The first-order chi connectivity index (χ1) is 8.24. The van der Waals surface area contributed by atoms with Crippen LogP contribution in [0.15, 0.2) is 29.6 Å². The molecule has 0 spiro atoms. The fourth-order valence-corrected chi connectivity index (χ4v) is 2.40. The second-order valence-electron chi connectivity index (χ2n) is 3.85. The Kier molecular flexibility index (Phi) is 2.62. The number of pyridine rings is 1. The highest BCUT2D eigenvalue weighted by atomic mass is 127. The summed E-state index contributed by atoms with van der Waals surface area (Å²) < 4.78 is 1.05. The lowest BCUT2D eigenvalue weighted by Gasteiger charge is -2.03. The first kappa shape index (κ1) is 10.8. The van der Waals surface area contributed by atoms with Crippen LogP contribution in [0.1, 0.15) is 17.0 Å². The number of aliphatic imine (C=N–C) groups is 1. The molecule has 4 nitrogen and oxygen atoms in total. The van der Waals surface area contributed by atoms with E-state index in [4.69, 9.17) is 0 Å². The van der Waals surface area contributed by atoms with E-state index >= 15 is 0 Å². The Bertz CT molecular complexity index is 604. The molecular formula is C12H9IN4. The fraction of sp³-hybridized carbons (Fsp3) is 0.167. The van der Waals surface area contributed by atoms with Crippen LogP contribution in [-0.4, -0.2) is 18.7 Å². The van der Waals surface area contributed by atoms with Gasteiger partial charge in [-0.2, -0.15) is 0 Å². The van der Waals surface area contributed by atoms with Crippen LogP contribution < -0.4 is 0 Å². The third kappa shape index (κ3) is 1.95. The maximum absolute atomic E-state index is 4.43. The van der Waals surface area contributed by atoms with Gasteiger partial charge in [0.2, 0.25) is 0 Å². The molecule has 0 amide bonds. The van der Waals surface area contributed by atoms with E-state index in [0.717, 1.165) is 27.3 Å². The highest BCUT2D eigenvalue weighted by molar-refractivity contribution is 14.1. The summed E-state index contributed by atoms with van der Waals surface area (Å²) >= 11 is 2.26. The summed E-state index contributed by atoms with van der Waals surface area (Å²) in [5.41, 5.74) is 4.20. The Morgan fingerprint density at radius 3 is 2.65 bits per heavy atom. The van der Waals surface area contributed by atoms with Crippen LogP contribution in [0.4, 0.5) is 0 Å². The molecule has 0 N–H and O–H groups in total. The fourth-order valence-electron chi connectivity index (χ4n) is 1.72. The van der Waals surface area contributed by atoms with Gasteiger partial charge < -0.3 is 0 Å². The molecule has 1 aliphatic heterocycles. The minimum absolute atomic E-state index is 0.741. The lowest BCUT2D eigenvalue weighted by atomic mass is 10.1. The number of hydrogen-bond acceptors (Lipinski definition) is 4. The van der Waals surface area contributed by atoms with Crippen molar-refractivity contribution < 1.29 is 0 Å². The van der Waals surface area contributed by atoms with Crippen molar-refractivity contribution in [3.05, 3.63) is 41.6 Å². The SMILES string of the molecule is Cc1ncc(-c2cc3c(cn2)CN=C3I)cn1. The van der Waals surface area contributed by atoms with Crippen LogP contribution >= 0.6 is 22.6 Å². The second kappa shape index (κ2) is 4.14. The average molecular weight is 336 g/mol. The summed E-state index contributed by atoms with van der Waals surface area (Å²) in [6.07, 6.45) is 5.49. The molecule has 0 atom stereocenters. The Balaban J connectivity index is 2.08. The number of halogens is 1. The highest BCUT2D eigenvalue weighted by Gasteiger charge is 2.15. The number of aryl methyl sites for hydroxylation is 1. The van der Waals surface area contributed by atoms with Gasteiger partial charge in [-0.05, 0) is 35.6 Å². The Morgan fingerprint density at radius 1 is 1.12 bits per heavy atom. The number of hydrogen-bond donors (Lipinski definition) is 0. The van der Waals surface area contributed by atoms with E-state index < -0.39 is 0 Å². The maximum atomic E-state index is 4.43. The van der Waals surface area contributed by atoms with E-state index in [2.05, 4.69) is 48.6 Å². The van der Waals surface area contributed by atoms with Crippen LogP contribution in [0.3, 0.4) is 0 Å². The van der Waals surface area contributed by atoms with Crippen molar-refractivity contribution in [2.24, 2.45) is 4.99 Å². The quantitative estimate of drug-likeness (QED) is 0.752. The average Bonchev–Trinajstić information content (AvgIpc) is 2.72. The van der Waals surface area contributed by atoms with Crippen molar-refractivity contribution in [2.45, 2.75) is 13.5 Å². The lowest BCUT2D eigenvalue weighted by molar-refractivity contribution is 1.05. The number of aromatic nitrogens is 3. The summed E-state index contributed by atoms with van der Waals surface area (Å²) in [5.74, 6) is 0.769. The number of fused-ring (bicyclic) bond motifs is 1. The molecule has 0 saturated carbocycles. The molecular weight excluding hydrogens is 327 g/mol. The van der Waals surface area contributed by atoms with Crippen LogP contribution in [0.2, 0.25) is 0 Å². The molecule has 2 aromatic rings. The van der Waals surface area contributed by atoms with E-state index in [1.807, 2.05) is 13.1 Å². The second-order valence-corrected chi connectivity index (χ2v) is 4.87. The van der Waals surface area contributed by atoms with Gasteiger partial charge in [0.25, 0.3) is 0 Å². The van der Waals surface area contributed by atoms with Gasteiger partial charge in [0.15, 0.2) is 0 Å². The predicted octanol–water partition coefficient (Wildman–Crippen LogP) is 2.54. The number of nitrogens with zero attached hydrogens (tertiary/aromatic N) is 4. The molecule has 3 rings (SSSR count). The van der Waals surface area contributed by atoms with E-state index in [0.29, 0.717) is 0 Å². The van der Waals surface area contributed by atoms with Gasteiger partial charge in [-0.1, -0.05) is 0 Å². The first-order valence-corrected chi connectivity index (χ1v) is 6.30. The molecule has 17 heavy (non-hydrogen) atoms. The molecule has 0 unspecified atom stereocenters. The molecule has 84 valence electrons. The maximum Gasteiger partial charge on any atom is 0.125 e. The summed E-state index contributed by atoms with van der Waals surface area (Å²) in [6.45, 7) is 2.61. The summed E-state index contributed by atoms with van der Waals surface area (Å²) in [4.78, 5) is 17.2. The zero-order chi connectivity index (χ0) is 11.8. The molecule has 1 aliphatic rings. The molecule has 5 heteroatoms. The van der Waals surface area contributed by atoms with E-state index in [-0.39, 0.29) is 0 Å². The first-order valence-electron chi connectivity index (χ1n) is 5.22. The van der Waals surface area contributed by atoms with Gasteiger partial charge in [-0.15, -0.1) is 0 Å². The summed E-state index contributed by atoms with van der Waals surface area (Å²) in [7, 11) is 0. The van der Waals surface area contributed by atoms with Crippen molar-refractivity contribution in [1.29, 1.82) is 0 Å². The molecule has 0 fully saturated rings. The predicted molar refractivity (Wildman–Crippen MR) is 74.3 cm³/mol. The van der Waals surface area contributed by atoms with Crippen LogP contribution in [0.5, 0.6) is 0 Å². The lowest BCUT2D eigenvalue weighted by Crippen LogP contribution is -1.95. The standard InChI is InChI=1S/C12H9IN4/c1-7-14-5-9(6-15-7)11-2-10-8(3-16-11)4-17-12(10)13/h2-3,5-6H,4H2,1H3. The molecule has 0 saturated heterocycles. The smallest absolute Gasteiger partial charge is 0.125 e. The van der Waals surface area contributed by atoms with Crippen LogP contribution in [-0.2, 0) is 6.54 Å². The third-order valence-electron chi connectivity index (χ3n) is 2.67. The zero-order valence-corrected chi connectivity index (χ0v) is 11.3. The molecule has 3 heterocycles. The molecule has 0 bridgehead atoms. The van der Waals surface area contributed by atoms with Gasteiger partial charge in [-0.3, -0.25) is 9.98 Å². The van der Waals surface area contributed by atoms with Gasteiger partial charge in [0, 0.05) is 35.3 Å². The van der Waals surface area contributed by atoms with Crippen molar-refractivity contribution in [1.82, 2.24) is 15.0 Å². The Morgan fingerprint density at radius 2 is 1.88 bits per heavy atom. The van der Waals surface area contributed by atoms with Crippen molar-refractivity contribution >= 4 is 26.3 Å². The van der Waals surface area contributed by atoms with Crippen LogP contribution in [0, 0.1) is 6.92 Å². The van der Waals surface area contributed by atoms with E-state index in [9.17, 15) is 0 Å². The van der Waals surface area contributed by atoms with Gasteiger partial charge in [-0.25, -0.2) is 9.97 Å². The highest BCUT2D eigenvalue weighted by Crippen LogP contribution is 2.25. The zero-order valence-electron chi connectivity index (χ0n) is 9.18. The third-order valence-corrected chi connectivity index (χ3v) is 3.60. The minimum atomic E-state index is 0.741. The van der Waals surface area contributed by atoms with Crippen molar-refractivity contribution in [3.63, 3.8) is 0 Å². The van der Waals surface area contributed by atoms with Crippen molar-refractivity contribution in [3.8, 4) is 11.3 Å². The normalized spacial score (nSPS) is 13.4. The monoisotopic (exact) mass is 336 g/mol. The summed E-state index contributed by atoms with van der Waals surface area (Å²) in [6, 6.07) is 2.06. The van der Waals surface area contributed by atoms with E-state index in [1.54, 1.807) is 12.4 Å². The Hall–Kier alpha value is -1.37. The summed E-state index contributed by atoms with van der Waals surface area (Å²) in [5, 5.41) is 0. The minimum Gasteiger partial charge on any atom is -0.273 e. The number of rotatable bonds is 1. The molecule has 2 aromatic heterocycles. The molecule has 0 aliphatic carbocycles. The van der Waals surface area contributed by atoms with E-state index in [1.165, 1.54) is 11.1 Å². The van der Waals surface area contributed by atoms with Crippen molar-refractivity contribution in [2.75, 3.05) is 0 Å². The largest absolute Gasteiger partial charge is 0.273 e. The van der Waals surface area contributed by atoms with Gasteiger partial charge >= 0.3 is 0 Å². The molecule has 0 radical (unpaired) electrons. The topological polar surface area (TPSA) is 51.0 Å². The van der Waals surface area contributed by atoms with Crippen LogP contribution in [0.25, 0.3) is 11.3 Å². The molecule has 0 aromatic carbocycles.